The summed E-state index contributed by atoms with van der Waals surface area (Å²) in [6.45, 7) is 6.51. The number of piperidine rings is 1. The van der Waals surface area contributed by atoms with Crippen LogP contribution in [0.5, 0.6) is 5.75 Å². The molecule has 162 valence electrons. The van der Waals surface area contributed by atoms with Crippen molar-refractivity contribution < 1.29 is 4.74 Å². The summed E-state index contributed by atoms with van der Waals surface area (Å²) in [6, 6.07) is 13.4. The number of aromatic nitrogens is 1. The summed E-state index contributed by atoms with van der Waals surface area (Å²) in [7, 11) is 0. The second-order valence-electron chi connectivity index (χ2n) is 8.97. The number of anilines is 1. The molecule has 0 bridgehead atoms. The molecule has 1 saturated heterocycles. The SMILES string of the molecule is CC(C)Oc1ccc(-c2ncc(-c3cccc4c3CCC4N3CCCCC3)s2)cc1N. The Morgan fingerprint density at radius 3 is 2.74 bits per heavy atom. The van der Waals surface area contributed by atoms with Crippen LogP contribution >= 0.6 is 11.3 Å². The van der Waals surface area contributed by atoms with Gasteiger partial charge in [0.15, 0.2) is 0 Å². The van der Waals surface area contributed by atoms with Crippen molar-refractivity contribution in [3.63, 3.8) is 0 Å². The lowest BCUT2D eigenvalue weighted by Crippen LogP contribution is -2.32. The van der Waals surface area contributed by atoms with Gasteiger partial charge < -0.3 is 10.5 Å². The number of fused-ring (bicyclic) bond motifs is 1. The maximum atomic E-state index is 6.23. The van der Waals surface area contributed by atoms with Crippen LogP contribution in [-0.4, -0.2) is 29.1 Å². The van der Waals surface area contributed by atoms with Crippen LogP contribution in [0.3, 0.4) is 0 Å². The molecule has 31 heavy (non-hydrogen) atoms. The Bertz CT molecular complexity index is 1070. The minimum Gasteiger partial charge on any atom is -0.489 e. The number of thiazole rings is 1. The lowest BCUT2D eigenvalue weighted by atomic mass is 10.00. The number of ether oxygens (including phenoxy) is 1. The summed E-state index contributed by atoms with van der Waals surface area (Å²) in [5.41, 5.74) is 12.3. The molecule has 1 aliphatic heterocycles. The van der Waals surface area contributed by atoms with Crippen LogP contribution in [0.2, 0.25) is 0 Å². The Morgan fingerprint density at radius 1 is 1.13 bits per heavy atom. The zero-order chi connectivity index (χ0) is 21.4. The van der Waals surface area contributed by atoms with E-state index in [1.54, 1.807) is 11.3 Å². The predicted octanol–water partition coefficient (Wildman–Crippen LogP) is 6.32. The maximum Gasteiger partial charge on any atom is 0.142 e. The number of hydrogen-bond acceptors (Lipinski definition) is 5. The molecule has 0 amide bonds. The highest BCUT2D eigenvalue weighted by atomic mass is 32.1. The average Bonchev–Trinajstić information content (AvgIpc) is 3.43. The van der Waals surface area contributed by atoms with Crippen molar-refractivity contribution >= 4 is 17.0 Å². The molecule has 0 spiro atoms. The topological polar surface area (TPSA) is 51.4 Å². The smallest absolute Gasteiger partial charge is 0.142 e. The molecular weight excluding hydrogens is 402 g/mol. The number of likely N-dealkylation sites (tertiary alicyclic amines) is 1. The van der Waals surface area contributed by atoms with Gasteiger partial charge in [-0.05, 0) is 87.5 Å². The molecule has 5 rings (SSSR count). The standard InChI is InChI=1S/C26H31N3OS/c1-17(2)30-24-12-9-18(15-22(24)27)26-28-16-25(31-26)21-8-6-7-20-19(21)10-11-23(20)29-13-4-3-5-14-29/h6-9,12,15-17,23H,3-5,10-11,13-14,27H2,1-2H3. The molecule has 2 aromatic carbocycles. The van der Waals surface area contributed by atoms with Gasteiger partial charge in [-0.25, -0.2) is 4.98 Å². The first kappa shape index (κ1) is 20.5. The van der Waals surface area contributed by atoms with Crippen molar-refractivity contribution in [3.05, 3.63) is 53.7 Å². The molecule has 2 heterocycles. The monoisotopic (exact) mass is 433 g/mol. The van der Waals surface area contributed by atoms with Gasteiger partial charge in [-0.15, -0.1) is 11.3 Å². The third kappa shape index (κ3) is 4.09. The minimum atomic E-state index is 0.105. The third-order valence-electron chi connectivity index (χ3n) is 6.46. The minimum absolute atomic E-state index is 0.105. The van der Waals surface area contributed by atoms with Gasteiger partial charge in [0.25, 0.3) is 0 Å². The van der Waals surface area contributed by atoms with E-state index in [0.717, 1.165) is 22.7 Å². The average molecular weight is 434 g/mol. The van der Waals surface area contributed by atoms with Gasteiger partial charge in [-0.1, -0.05) is 24.6 Å². The van der Waals surface area contributed by atoms with Crippen LogP contribution in [0, 0.1) is 0 Å². The number of benzene rings is 2. The number of rotatable bonds is 5. The molecular formula is C26H31N3OS. The molecule has 3 aromatic rings. The van der Waals surface area contributed by atoms with E-state index in [1.807, 2.05) is 32.2 Å². The van der Waals surface area contributed by atoms with Crippen LogP contribution < -0.4 is 10.5 Å². The van der Waals surface area contributed by atoms with E-state index >= 15 is 0 Å². The van der Waals surface area contributed by atoms with Crippen molar-refractivity contribution in [2.75, 3.05) is 18.8 Å². The van der Waals surface area contributed by atoms with E-state index in [2.05, 4.69) is 29.2 Å². The second kappa shape index (κ2) is 8.64. The molecule has 0 radical (unpaired) electrons. The summed E-state index contributed by atoms with van der Waals surface area (Å²) in [4.78, 5) is 8.69. The molecule has 4 nitrogen and oxygen atoms in total. The molecule has 1 atom stereocenters. The summed E-state index contributed by atoms with van der Waals surface area (Å²) in [5.74, 6) is 0.736. The lowest BCUT2D eigenvalue weighted by molar-refractivity contribution is 0.163. The van der Waals surface area contributed by atoms with Gasteiger partial charge >= 0.3 is 0 Å². The van der Waals surface area contributed by atoms with Crippen molar-refractivity contribution in [2.45, 2.75) is 58.1 Å². The quantitative estimate of drug-likeness (QED) is 0.478. The number of nitrogens with zero attached hydrogens (tertiary/aromatic N) is 2. The predicted molar refractivity (Wildman–Crippen MR) is 130 cm³/mol. The van der Waals surface area contributed by atoms with Gasteiger partial charge in [-0.2, -0.15) is 0 Å². The molecule has 1 aliphatic carbocycles. The molecule has 2 aliphatic rings. The fourth-order valence-corrected chi connectivity index (χ4v) is 6.01. The highest BCUT2D eigenvalue weighted by Gasteiger charge is 2.30. The van der Waals surface area contributed by atoms with Gasteiger partial charge in [0, 0.05) is 17.8 Å². The van der Waals surface area contributed by atoms with Crippen molar-refractivity contribution in [1.29, 1.82) is 0 Å². The van der Waals surface area contributed by atoms with Crippen LogP contribution in [0.15, 0.2) is 42.6 Å². The molecule has 2 N–H and O–H groups in total. The van der Waals surface area contributed by atoms with Crippen LogP contribution in [-0.2, 0) is 6.42 Å². The Kier molecular flexibility index (Phi) is 5.72. The highest BCUT2D eigenvalue weighted by Crippen LogP contribution is 2.43. The van der Waals surface area contributed by atoms with Crippen LogP contribution in [0.4, 0.5) is 5.69 Å². The van der Waals surface area contributed by atoms with E-state index < -0.39 is 0 Å². The maximum absolute atomic E-state index is 6.23. The molecule has 1 aromatic heterocycles. The van der Waals surface area contributed by atoms with Crippen LogP contribution in [0.1, 0.15) is 56.7 Å². The number of nitrogen functional groups attached to an aromatic ring is 1. The van der Waals surface area contributed by atoms with E-state index in [0.29, 0.717) is 11.7 Å². The molecule has 1 unspecified atom stereocenters. The Balaban J connectivity index is 1.42. The fourth-order valence-electron chi connectivity index (χ4n) is 5.05. The van der Waals surface area contributed by atoms with Crippen molar-refractivity contribution in [2.24, 2.45) is 0 Å². The highest BCUT2D eigenvalue weighted by molar-refractivity contribution is 7.18. The summed E-state index contributed by atoms with van der Waals surface area (Å²) >= 11 is 1.75. The number of nitrogens with two attached hydrogens (primary N) is 1. The Hall–Kier alpha value is -2.37. The molecule has 5 heteroatoms. The Morgan fingerprint density at radius 2 is 1.97 bits per heavy atom. The fraction of sp³-hybridized carbons (Fsp3) is 0.423. The normalized spacial score (nSPS) is 19.0. The number of hydrogen-bond donors (Lipinski definition) is 1. The summed E-state index contributed by atoms with van der Waals surface area (Å²) in [5, 5.41) is 1.00. The summed E-state index contributed by atoms with van der Waals surface area (Å²) in [6.07, 6.45) is 8.60. The zero-order valence-electron chi connectivity index (χ0n) is 18.4. The summed E-state index contributed by atoms with van der Waals surface area (Å²) < 4.78 is 5.77. The van der Waals surface area contributed by atoms with E-state index in [4.69, 9.17) is 15.5 Å². The lowest BCUT2D eigenvalue weighted by Gasteiger charge is -2.32. The first-order valence-electron chi connectivity index (χ1n) is 11.5. The van der Waals surface area contributed by atoms with Gasteiger partial charge in [-0.3, -0.25) is 4.90 Å². The van der Waals surface area contributed by atoms with Gasteiger partial charge in [0.1, 0.15) is 10.8 Å². The van der Waals surface area contributed by atoms with E-state index in [-0.39, 0.29) is 6.10 Å². The Labute approximate surface area is 189 Å². The van der Waals surface area contributed by atoms with Crippen molar-refractivity contribution in [1.82, 2.24) is 9.88 Å². The second-order valence-corrected chi connectivity index (χ2v) is 10.0. The largest absolute Gasteiger partial charge is 0.489 e. The van der Waals surface area contributed by atoms with Crippen molar-refractivity contribution in [3.8, 4) is 26.8 Å². The van der Waals surface area contributed by atoms with E-state index in [9.17, 15) is 0 Å². The van der Waals surface area contributed by atoms with Gasteiger partial charge in [0.2, 0.25) is 0 Å². The molecule has 0 saturated carbocycles. The van der Waals surface area contributed by atoms with Crippen LogP contribution in [0.25, 0.3) is 21.0 Å². The van der Waals surface area contributed by atoms with E-state index in [1.165, 1.54) is 60.3 Å². The van der Waals surface area contributed by atoms with Gasteiger partial charge in [0.05, 0.1) is 16.7 Å². The third-order valence-corrected chi connectivity index (χ3v) is 7.54. The first-order valence-corrected chi connectivity index (χ1v) is 12.3. The first-order chi connectivity index (χ1) is 15.1. The zero-order valence-corrected chi connectivity index (χ0v) is 19.3. The molecule has 1 fully saturated rings.